The summed E-state index contributed by atoms with van der Waals surface area (Å²) in [7, 11) is 0. The Morgan fingerprint density at radius 3 is 2.48 bits per heavy atom. The summed E-state index contributed by atoms with van der Waals surface area (Å²) in [6.07, 6.45) is 3.47. The van der Waals surface area contributed by atoms with Gasteiger partial charge in [-0.05, 0) is 24.3 Å². The number of carbonyl (C=O) groups excluding carboxylic acids is 2. The topological polar surface area (TPSA) is 117 Å². The lowest BCUT2D eigenvalue weighted by atomic mass is 10.2. The summed E-state index contributed by atoms with van der Waals surface area (Å²) >= 11 is 0. The molecule has 4 aromatic rings. The third kappa shape index (κ3) is 4.14. The first-order valence-corrected chi connectivity index (χ1v) is 10.7. The molecule has 0 saturated carbocycles. The number of amides is 2. The number of H-pyrrole nitrogens is 1. The third-order valence-electron chi connectivity index (χ3n) is 5.72. The van der Waals surface area contributed by atoms with Crippen LogP contribution in [0, 0.1) is 0 Å². The molecule has 1 N–H and O–H groups in total. The van der Waals surface area contributed by atoms with Gasteiger partial charge in [0.2, 0.25) is 5.91 Å². The summed E-state index contributed by atoms with van der Waals surface area (Å²) in [6.45, 7) is 1.80. The van der Waals surface area contributed by atoms with Gasteiger partial charge >= 0.3 is 0 Å². The van der Waals surface area contributed by atoms with E-state index >= 15 is 0 Å². The Kier molecular flexibility index (Phi) is 5.47. The number of carbonyl (C=O) groups is 2. The second-order valence-electron chi connectivity index (χ2n) is 7.79. The van der Waals surface area contributed by atoms with Crippen molar-refractivity contribution in [3.05, 3.63) is 76.9 Å². The first kappa shape index (κ1) is 20.7. The number of aryl methyl sites for hydroxylation is 1. The molecule has 1 aliphatic heterocycles. The number of aromatic nitrogens is 4. The second kappa shape index (κ2) is 8.73. The van der Waals surface area contributed by atoms with E-state index in [1.165, 1.54) is 12.5 Å². The molecular formula is C23H22N6O4. The highest BCUT2D eigenvalue weighted by molar-refractivity contribution is 5.91. The van der Waals surface area contributed by atoms with Crippen LogP contribution in [0.2, 0.25) is 0 Å². The first-order chi connectivity index (χ1) is 16.1. The Morgan fingerprint density at radius 2 is 1.76 bits per heavy atom. The summed E-state index contributed by atoms with van der Waals surface area (Å²) in [6, 6.07) is 12.8. The number of hydrogen-bond acceptors (Lipinski definition) is 6. The van der Waals surface area contributed by atoms with Crippen LogP contribution in [0.1, 0.15) is 22.8 Å². The van der Waals surface area contributed by atoms with E-state index in [0.29, 0.717) is 55.2 Å². The quantitative estimate of drug-likeness (QED) is 0.498. The van der Waals surface area contributed by atoms with E-state index in [0.717, 1.165) is 5.69 Å². The highest BCUT2D eigenvalue weighted by Crippen LogP contribution is 2.15. The van der Waals surface area contributed by atoms with Crippen molar-refractivity contribution in [3.8, 4) is 5.69 Å². The largest absolute Gasteiger partial charge is 0.459 e. The van der Waals surface area contributed by atoms with Crippen LogP contribution in [0.5, 0.6) is 0 Å². The highest BCUT2D eigenvalue weighted by atomic mass is 16.3. The maximum absolute atomic E-state index is 12.7. The van der Waals surface area contributed by atoms with Gasteiger partial charge in [-0.2, -0.15) is 5.10 Å². The molecule has 0 unspecified atom stereocenters. The molecule has 1 saturated heterocycles. The fourth-order valence-electron chi connectivity index (χ4n) is 3.94. The zero-order chi connectivity index (χ0) is 22.8. The van der Waals surface area contributed by atoms with E-state index in [2.05, 4.69) is 15.1 Å². The average Bonchev–Trinajstić information content (AvgIpc) is 3.53. The Labute approximate surface area is 188 Å². The van der Waals surface area contributed by atoms with Crippen molar-refractivity contribution in [2.45, 2.75) is 12.8 Å². The number of benzene rings is 1. The molecule has 0 spiro atoms. The van der Waals surface area contributed by atoms with Crippen molar-refractivity contribution >= 4 is 22.8 Å². The second-order valence-corrected chi connectivity index (χ2v) is 7.79. The number of nitrogens with zero attached hydrogens (tertiary/aromatic N) is 5. The van der Waals surface area contributed by atoms with Gasteiger partial charge in [0, 0.05) is 39.0 Å². The molecule has 0 aliphatic carbocycles. The van der Waals surface area contributed by atoms with Crippen LogP contribution in [0.15, 0.2) is 64.1 Å². The van der Waals surface area contributed by atoms with Crippen LogP contribution in [0.4, 0.5) is 0 Å². The number of furan rings is 1. The fourth-order valence-corrected chi connectivity index (χ4v) is 3.94. The minimum absolute atomic E-state index is 0.0422. The predicted octanol–water partition coefficient (Wildman–Crippen LogP) is 1.62. The highest BCUT2D eigenvalue weighted by Gasteiger charge is 2.26. The van der Waals surface area contributed by atoms with E-state index in [4.69, 9.17) is 4.42 Å². The molecule has 10 nitrogen and oxygen atoms in total. The van der Waals surface area contributed by atoms with E-state index in [9.17, 15) is 14.4 Å². The Hall–Kier alpha value is -4.21. The maximum atomic E-state index is 12.7. The Morgan fingerprint density at radius 1 is 1.00 bits per heavy atom. The number of rotatable bonds is 5. The number of nitrogens with one attached hydrogen (secondary N) is 1. The molecule has 1 aromatic carbocycles. The molecule has 3 aromatic heterocycles. The van der Waals surface area contributed by atoms with Gasteiger partial charge < -0.3 is 19.2 Å². The van der Waals surface area contributed by atoms with Gasteiger partial charge in [-0.3, -0.25) is 14.4 Å². The lowest BCUT2D eigenvalue weighted by Crippen LogP contribution is -2.50. The smallest absolute Gasteiger partial charge is 0.289 e. The van der Waals surface area contributed by atoms with Gasteiger partial charge in [-0.15, -0.1) is 0 Å². The van der Waals surface area contributed by atoms with Gasteiger partial charge in [0.05, 0.1) is 18.1 Å². The normalized spacial score (nSPS) is 14.1. The minimum atomic E-state index is -0.283. The van der Waals surface area contributed by atoms with Crippen LogP contribution in [-0.4, -0.2) is 67.5 Å². The molecule has 0 atom stereocenters. The number of aromatic amines is 1. The molecule has 5 rings (SSSR count). The van der Waals surface area contributed by atoms with Crippen LogP contribution < -0.4 is 5.56 Å². The molecule has 4 heterocycles. The van der Waals surface area contributed by atoms with E-state index in [1.807, 2.05) is 30.3 Å². The fraction of sp³-hybridized carbons (Fsp3) is 0.261. The van der Waals surface area contributed by atoms with Gasteiger partial charge in [-0.25, -0.2) is 9.67 Å². The van der Waals surface area contributed by atoms with Crippen molar-refractivity contribution in [2.75, 3.05) is 26.2 Å². The summed E-state index contributed by atoms with van der Waals surface area (Å²) in [5.74, 6) is 0.525. The molecule has 0 radical (unpaired) electrons. The standard InChI is InChI=1S/C23H22N6O4/c30-20(27-10-12-28(13-11-27)23(32)18-7-4-14-33-18)9-8-19-25-21-17(22(31)26-19)15-24-29(21)16-5-2-1-3-6-16/h1-7,14-15H,8-13H2,(H,25,26,31). The van der Waals surface area contributed by atoms with Crippen molar-refractivity contribution in [3.63, 3.8) is 0 Å². The van der Waals surface area contributed by atoms with Crippen molar-refractivity contribution in [2.24, 2.45) is 0 Å². The summed E-state index contributed by atoms with van der Waals surface area (Å²) in [4.78, 5) is 48.3. The van der Waals surface area contributed by atoms with Crippen molar-refractivity contribution < 1.29 is 14.0 Å². The van der Waals surface area contributed by atoms with Crippen LogP contribution in [-0.2, 0) is 11.2 Å². The first-order valence-electron chi connectivity index (χ1n) is 10.7. The molecular weight excluding hydrogens is 424 g/mol. The monoisotopic (exact) mass is 446 g/mol. The Bertz CT molecular complexity index is 1330. The molecule has 2 amide bonds. The van der Waals surface area contributed by atoms with Gasteiger partial charge in [0.1, 0.15) is 11.2 Å². The van der Waals surface area contributed by atoms with E-state index in [-0.39, 0.29) is 23.8 Å². The van der Waals surface area contributed by atoms with Gasteiger partial charge in [0.25, 0.3) is 11.5 Å². The van der Waals surface area contributed by atoms with Crippen molar-refractivity contribution in [1.82, 2.24) is 29.5 Å². The predicted molar refractivity (Wildman–Crippen MR) is 119 cm³/mol. The van der Waals surface area contributed by atoms with Crippen LogP contribution in [0.3, 0.4) is 0 Å². The van der Waals surface area contributed by atoms with Crippen molar-refractivity contribution in [1.29, 1.82) is 0 Å². The SMILES string of the molecule is O=C(CCc1nc2c(cnn2-c2ccccc2)c(=O)[nH]1)N1CCN(C(=O)c2ccco2)CC1. The molecule has 168 valence electrons. The summed E-state index contributed by atoms with van der Waals surface area (Å²) in [5, 5.41) is 4.69. The van der Waals surface area contributed by atoms with E-state index in [1.54, 1.807) is 26.6 Å². The number of para-hydroxylation sites is 1. The lowest BCUT2D eigenvalue weighted by molar-refractivity contribution is -0.132. The average molecular weight is 446 g/mol. The van der Waals surface area contributed by atoms with Crippen LogP contribution >= 0.6 is 0 Å². The number of piperazine rings is 1. The molecule has 0 bridgehead atoms. The lowest BCUT2D eigenvalue weighted by Gasteiger charge is -2.34. The van der Waals surface area contributed by atoms with Gasteiger partial charge in [-0.1, -0.05) is 18.2 Å². The third-order valence-corrected chi connectivity index (χ3v) is 5.72. The molecule has 10 heteroatoms. The van der Waals surface area contributed by atoms with E-state index < -0.39 is 0 Å². The van der Waals surface area contributed by atoms with Crippen LogP contribution in [0.25, 0.3) is 16.7 Å². The maximum Gasteiger partial charge on any atom is 0.289 e. The van der Waals surface area contributed by atoms with Gasteiger partial charge in [0.15, 0.2) is 11.4 Å². The summed E-state index contributed by atoms with van der Waals surface area (Å²) < 4.78 is 6.78. The zero-order valence-corrected chi connectivity index (χ0v) is 17.8. The molecule has 1 aliphatic rings. The number of hydrogen-bond donors (Lipinski definition) is 1. The molecule has 33 heavy (non-hydrogen) atoms. The zero-order valence-electron chi connectivity index (χ0n) is 17.8. The number of fused-ring (bicyclic) bond motifs is 1. The Balaban J connectivity index is 1.23. The minimum Gasteiger partial charge on any atom is -0.459 e. The summed E-state index contributed by atoms with van der Waals surface area (Å²) in [5.41, 5.74) is 0.974. The molecule has 1 fully saturated rings.